The molecular formula is C30H38N8O2. The number of pyridine rings is 2. The molecule has 0 aromatic carbocycles. The Morgan fingerprint density at radius 3 is 2.62 bits per heavy atom. The highest BCUT2D eigenvalue weighted by atomic mass is 16.3. The van der Waals surface area contributed by atoms with Gasteiger partial charge in [-0.1, -0.05) is 6.07 Å². The standard InChI is InChI=1S/C30H38N8O2/c1-18(40)25-14-23-26(15-31-25)33-30(35-28(23)38-21-6-7-22(38)9-8-21)34-27-10-5-19-16-37(13-11-24(19)32-27)29-20(17-39)4-3-12-36(29)2/h5,10,14-15,17-18,20-22,29,40H,3-4,6-9,11-13,16H2,1-2H3,(H,32,33,34,35)/t18-,20+,21?,22?,29-/m1/s1. The van der Waals surface area contributed by atoms with Crippen LogP contribution >= 0.6 is 0 Å². The van der Waals surface area contributed by atoms with E-state index >= 15 is 0 Å². The van der Waals surface area contributed by atoms with Gasteiger partial charge in [0, 0.05) is 48.6 Å². The Morgan fingerprint density at radius 2 is 1.88 bits per heavy atom. The van der Waals surface area contributed by atoms with E-state index in [-0.39, 0.29) is 12.1 Å². The van der Waals surface area contributed by atoms with Gasteiger partial charge < -0.3 is 20.1 Å². The Morgan fingerprint density at radius 1 is 1.07 bits per heavy atom. The SMILES string of the molecule is C[C@@H](O)c1cc2c(N3C4CCC3CC4)nc(Nc3ccc4c(n3)CCN([C@@H]3[C@H](C=O)CCCN3C)C4)nc2cn1. The molecule has 210 valence electrons. The summed E-state index contributed by atoms with van der Waals surface area (Å²) in [4.78, 5) is 38.3. The molecule has 40 heavy (non-hydrogen) atoms. The summed E-state index contributed by atoms with van der Waals surface area (Å²) in [6.45, 7) is 4.45. The van der Waals surface area contributed by atoms with Gasteiger partial charge >= 0.3 is 0 Å². The van der Waals surface area contributed by atoms with E-state index in [0.717, 1.165) is 73.4 Å². The van der Waals surface area contributed by atoms with Crippen molar-refractivity contribution >= 4 is 34.8 Å². The number of carbonyl (C=O) groups excluding carboxylic acids is 1. The average Bonchev–Trinajstić information content (AvgIpc) is 3.56. The van der Waals surface area contributed by atoms with Crippen LogP contribution in [0.15, 0.2) is 24.4 Å². The number of aliphatic hydroxyl groups excluding tert-OH is 1. The number of hydrogen-bond acceptors (Lipinski definition) is 10. The number of anilines is 3. The van der Waals surface area contributed by atoms with Crippen LogP contribution in [0.25, 0.3) is 10.9 Å². The lowest BCUT2D eigenvalue weighted by Crippen LogP contribution is -2.55. The maximum Gasteiger partial charge on any atom is 0.230 e. The summed E-state index contributed by atoms with van der Waals surface area (Å²) >= 11 is 0. The van der Waals surface area contributed by atoms with Gasteiger partial charge in [0.25, 0.3) is 0 Å². The monoisotopic (exact) mass is 542 g/mol. The predicted molar refractivity (Wildman–Crippen MR) is 153 cm³/mol. The van der Waals surface area contributed by atoms with Crippen LogP contribution in [0.5, 0.6) is 0 Å². The second kappa shape index (κ2) is 10.3. The molecule has 2 bridgehead atoms. The topological polar surface area (TPSA) is 111 Å². The van der Waals surface area contributed by atoms with Crippen molar-refractivity contribution in [3.05, 3.63) is 41.3 Å². The van der Waals surface area contributed by atoms with Crippen LogP contribution in [-0.2, 0) is 17.8 Å². The van der Waals surface area contributed by atoms with Crippen molar-refractivity contribution in [2.75, 3.05) is 30.4 Å². The summed E-state index contributed by atoms with van der Waals surface area (Å²) in [7, 11) is 2.13. The largest absolute Gasteiger partial charge is 0.387 e. The first-order valence-electron chi connectivity index (χ1n) is 14.8. The second-order valence-corrected chi connectivity index (χ2v) is 12.0. The molecule has 0 spiro atoms. The zero-order chi connectivity index (χ0) is 27.4. The zero-order valence-electron chi connectivity index (χ0n) is 23.3. The number of fused-ring (bicyclic) bond motifs is 4. The van der Waals surface area contributed by atoms with Crippen molar-refractivity contribution < 1.29 is 9.90 Å². The summed E-state index contributed by atoms with van der Waals surface area (Å²) in [6, 6.07) is 7.11. The van der Waals surface area contributed by atoms with E-state index in [1.807, 2.05) is 12.1 Å². The maximum atomic E-state index is 11.8. The number of piperidine rings is 1. The van der Waals surface area contributed by atoms with E-state index in [0.29, 0.717) is 23.7 Å². The van der Waals surface area contributed by atoms with Crippen molar-refractivity contribution in [3.63, 3.8) is 0 Å². The summed E-state index contributed by atoms with van der Waals surface area (Å²) in [6.07, 6.45) is 10.1. The molecule has 2 N–H and O–H groups in total. The first-order chi connectivity index (χ1) is 19.5. The van der Waals surface area contributed by atoms with E-state index in [2.05, 4.69) is 38.1 Å². The minimum absolute atomic E-state index is 0.0606. The smallest absolute Gasteiger partial charge is 0.230 e. The fourth-order valence-electron chi connectivity index (χ4n) is 7.49. The van der Waals surface area contributed by atoms with Crippen LogP contribution in [0.1, 0.15) is 68.5 Å². The number of likely N-dealkylation sites (tertiary alicyclic amines) is 1. The van der Waals surface area contributed by atoms with Gasteiger partial charge in [-0.2, -0.15) is 4.98 Å². The number of aldehydes is 1. The Kier molecular flexibility index (Phi) is 6.64. The number of hydrogen-bond donors (Lipinski definition) is 2. The molecule has 3 fully saturated rings. The summed E-state index contributed by atoms with van der Waals surface area (Å²) in [5, 5.41) is 14.5. The van der Waals surface area contributed by atoms with Crippen LogP contribution in [0.4, 0.5) is 17.6 Å². The van der Waals surface area contributed by atoms with E-state index in [4.69, 9.17) is 15.0 Å². The average molecular weight is 543 g/mol. The van der Waals surface area contributed by atoms with Gasteiger partial charge in [-0.3, -0.25) is 14.8 Å². The Hall–Kier alpha value is -3.21. The van der Waals surface area contributed by atoms with Crippen LogP contribution in [0.2, 0.25) is 0 Å². The van der Waals surface area contributed by atoms with E-state index in [9.17, 15) is 9.90 Å². The van der Waals surface area contributed by atoms with Crippen molar-refractivity contribution in [2.24, 2.45) is 5.92 Å². The molecule has 4 aliphatic rings. The molecule has 0 unspecified atom stereocenters. The van der Waals surface area contributed by atoms with Gasteiger partial charge in [0.1, 0.15) is 17.9 Å². The molecule has 3 aromatic heterocycles. The quantitative estimate of drug-likeness (QED) is 0.449. The number of carbonyl (C=O) groups is 1. The highest BCUT2D eigenvalue weighted by molar-refractivity contribution is 5.91. The molecule has 3 atom stereocenters. The van der Waals surface area contributed by atoms with Gasteiger partial charge in [0.05, 0.1) is 29.7 Å². The fraction of sp³-hybridized carbons (Fsp3) is 0.567. The third kappa shape index (κ3) is 4.52. The normalized spacial score (nSPS) is 27.6. The number of aromatic nitrogens is 4. The highest BCUT2D eigenvalue weighted by Gasteiger charge is 2.41. The lowest BCUT2D eigenvalue weighted by Gasteiger charge is -2.45. The van der Waals surface area contributed by atoms with Crippen LogP contribution < -0.4 is 10.2 Å². The van der Waals surface area contributed by atoms with Crippen molar-refractivity contribution in [3.8, 4) is 0 Å². The molecule has 10 nitrogen and oxygen atoms in total. The molecule has 7 heterocycles. The minimum atomic E-state index is -0.649. The van der Waals surface area contributed by atoms with Crippen LogP contribution in [0, 0.1) is 5.92 Å². The van der Waals surface area contributed by atoms with Crippen molar-refractivity contribution in [1.29, 1.82) is 0 Å². The van der Waals surface area contributed by atoms with Crippen LogP contribution in [-0.4, -0.2) is 79.5 Å². The zero-order valence-corrected chi connectivity index (χ0v) is 23.3. The second-order valence-electron chi connectivity index (χ2n) is 12.0. The molecule has 0 saturated carbocycles. The first-order valence-corrected chi connectivity index (χ1v) is 14.8. The van der Waals surface area contributed by atoms with Gasteiger partial charge in [-0.25, -0.2) is 9.97 Å². The Labute approximate surface area is 234 Å². The van der Waals surface area contributed by atoms with Gasteiger partial charge in [0.2, 0.25) is 5.95 Å². The van der Waals surface area contributed by atoms with Gasteiger partial charge in [0.15, 0.2) is 0 Å². The molecule has 3 saturated heterocycles. The molecule has 0 radical (unpaired) electrons. The molecular weight excluding hydrogens is 504 g/mol. The number of nitrogens with zero attached hydrogens (tertiary/aromatic N) is 7. The Bertz CT molecular complexity index is 1410. The molecule has 7 rings (SSSR count). The van der Waals surface area contributed by atoms with E-state index in [1.165, 1.54) is 31.2 Å². The molecule has 10 heteroatoms. The number of nitrogens with one attached hydrogen (secondary N) is 1. The third-order valence-electron chi connectivity index (χ3n) is 9.46. The number of rotatable bonds is 6. The van der Waals surface area contributed by atoms with Gasteiger partial charge in [-0.05, 0) is 76.7 Å². The van der Waals surface area contributed by atoms with Gasteiger partial charge in [-0.15, -0.1) is 0 Å². The predicted octanol–water partition coefficient (Wildman–Crippen LogP) is 3.57. The van der Waals surface area contributed by atoms with E-state index < -0.39 is 6.10 Å². The third-order valence-corrected chi connectivity index (χ3v) is 9.46. The molecule has 3 aromatic rings. The summed E-state index contributed by atoms with van der Waals surface area (Å²) in [5.41, 5.74) is 3.69. The minimum Gasteiger partial charge on any atom is -0.387 e. The molecule has 4 aliphatic heterocycles. The lowest BCUT2D eigenvalue weighted by atomic mass is 9.93. The first kappa shape index (κ1) is 25.7. The Balaban J connectivity index is 1.17. The van der Waals surface area contributed by atoms with Crippen molar-refractivity contribution in [2.45, 2.75) is 82.8 Å². The van der Waals surface area contributed by atoms with Crippen molar-refractivity contribution in [1.82, 2.24) is 29.7 Å². The lowest BCUT2D eigenvalue weighted by molar-refractivity contribution is -0.119. The highest BCUT2D eigenvalue weighted by Crippen LogP contribution is 2.43. The summed E-state index contributed by atoms with van der Waals surface area (Å²) in [5.74, 6) is 2.24. The molecule has 0 amide bonds. The summed E-state index contributed by atoms with van der Waals surface area (Å²) < 4.78 is 0. The van der Waals surface area contributed by atoms with Crippen LogP contribution in [0.3, 0.4) is 0 Å². The van der Waals surface area contributed by atoms with E-state index in [1.54, 1.807) is 13.1 Å². The molecule has 0 aliphatic carbocycles. The maximum absolute atomic E-state index is 11.8. The fourth-order valence-corrected chi connectivity index (χ4v) is 7.49. The number of aliphatic hydroxyl groups is 1.